The number of carbonyl (C=O) groups is 3. The van der Waals surface area contributed by atoms with Gasteiger partial charge in [0.05, 0.1) is 19.1 Å². The molecule has 2 atom stereocenters. The number of hydrogen-bond acceptors (Lipinski definition) is 4. The van der Waals surface area contributed by atoms with Crippen molar-refractivity contribution in [2.75, 3.05) is 19.7 Å². The zero-order valence-electron chi connectivity index (χ0n) is 16.0. The summed E-state index contributed by atoms with van der Waals surface area (Å²) in [6.45, 7) is 0.827. The van der Waals surface area contributed by atoms with Crippen LogP contribution in [0.15, 0.2) is 60.7 Å². The van der Waals surface area contributed by atoms with Gasteiger partial charge < -0.3 is 20.1 Å². The lowest BCUT2D eigenvalue weighted by molar-refractivity contribution is -0.148. The number of aliphatic carboxylic acids is 1. The Morgan fingerprint density at radius 3 is 2.38 bits per heavy atom. The minimum absolute atomic E-state index is 0.163. The van der Waals surface area contributed by atoms with Crippen LogP contribution in [0.3, 0.4) is 0 Å². The summed E-state index contributed by atoms with van der Waals surface area (Å²) in [5.74, 6) is -1.53. The third kappa shape index (κ3) is 5.89. The molecule has 2 N–H and O–H groups in total. The molecule has 0 aliphatic carbocycles. The monoisotopic (exact) mass is 396 g/mol. The molecule has 0 spiro atoms. The first-order chi connectivity index (χ1) is 14.0. The molecule has 3 rings (SSSR count). The average molecular weight is 396 g/mol. The maximum absolute atomic E-state index is 13.2. The summed E-state index contributed by atoms with van der Waals surface area (Å²) >= 11 is 0. The van der Waals surface area contributed by atoms with Gasteiger partial charge >= 0.3 is 5.97 Å². The standard InChI is InChI=1S/C22H24N2O5/c25-20(26)14-18-15-24(11-12-29-18)22(28)19(13-16-7-3-1-4-8-16)23-21(27)17-9-5-2-6-10-17/h1-10,18-19H,11-15H2,(H,23,27)(H,25,26). The molecular weight excluding hydrogens is 372 g/mol. The van der Waals surface area contributed by atoms with E-state index >= 15 is 0 Å². The number of carbonyl (C=O) groups excluding carboxylic acids is 2. The second kappa shape index (κ2) is 9.84. The number of hydrogen-bond donors (Lipinski definition) is 2. The van der Waals surface area contributed by atoms with Gasteiger partial charge in [-0.2, -0.15) is 0 Å². The van der Waals surface area contributed by atoms with E-state index in [9.17, 15) is 14.4 Å². The zero-order chi connectivity index (χ0) is 20.6. The van der Waals surface area contributed by atoms with Crippen molar-refractivity contribution in [1.82, 2.24) is 10.2 Å². The van der Waals surface area contributed by atoms with Gasteiger partial charge in [0.25, 0.3) is 5.91 Å². The van der Waals surface area contributed by atoms with Crippen LogP contribution >= 0.6 is 0 Å². The first kappa shape index (κ1) is 20.5. The van der Waals surface area contributed by atoms with Crippen LogP contribution in [-0.4, -0.2) is 59.6 Å². The number of morpholine rings is 1. The molecule has 1 heterocycles. The van der Waals surface area contributed by atoms with Gasteiger partial charge in [-0.15, -0.1) is 0 Å². The van der Waals surface area contributed by atoms with E-state index in [1.807, 2.05) is 36.4 Å². The van der Waals surface area contributed by atoms with Crippen molar-refractivity contribution in [2.24, 2.45) is 0 Å². The molecule has 2 amide bonds. The SMILES string of the molecule is O=C(O)CC1CN(C(=O)C(Cc2ccccc2)NC(=O)c2ccccc2)CCO1. The normalized spacial score (nSPS) is 17.4. The van der Waals surface area contributed by atoms with E-state index in [4.69, 9.17) is 9.84 Å². The van der Waals surface area contributed by atoms with Crippen LogP contribution < -0.4 is 5.32 Å². The van der Waals surface area contributed by atoms with Gasteiger partial charge in [-0.25, -0.2) is 0 Å². The summed E-state index contributed by atoms with van der Waals surface area (Å²) in [6.07, 6.45) is -0.365. The van der Waals surface area contributed by atoms with Crippen LogP contribution in [0.25, 0.3) is 0 Å². The Bertz CT molecular complexity index is 841. The number of carboxylic acids is 1. The smallest absolute Gasteiger partial charge is 0.306 e. The molecule has 7 heteroatoms. The predicted octanol–water partition coefficient (Wildman–Crippen LogP) is 1.73. The van der Waals surface area contributed by atoms with E-state index in [-0.39, 0.29) is 31.4 Å². The molecule has 152 valence electrons. The Kier molecular flexibility index (Phi) is 6.97. The maximum atomic E-state index is 13.2. The summed E-state index contributed by atoms with van der Waals surface area (Å²) in [4.78, 5) is 38.4. The fraction of sp³-hybridized carbons (Fsp3) is 0.318. The van der Waals surface area contributed by atoms with Gasteiger partial charge in [0.1, 0.15) is 6.04 Å². The van der Waals surface area contributed by atoms with Crippen LogP contribution in [0.5, 0.6) is 0 Å². The molecule has 0 radical (unpaired) electrons. The lowest BCUT2D eigenvalue weighted by Crippen LogP contribution is -2.54. The molecule has 1 fully saturated rings. The largest absolute Gasteiger partial charge is 0.481 e. The van der Waals surface area contributed by atoms with E-state index in [1.165, 1.54) is 0 Å². The summed E-state index contributed by atoms with van der Waals surface area (Å²) < 4.78 is 5.46. The van der Waals surface area contributed by atoms with E-state index in [0.29, 0.717) is 18.5 Å². The highest BCUT2D eigenvalue weighted by molar-refractivity contribution is 5.97. The average Bonchev–Trinajstić information content (AvgIpc) is 2.74. The molecule has 0 aromatic heterocycles. The van der Waals surface area contributed by atoms with Gasteiger partial charge in [0.15, 0.2) is 0 Å². The van der Waals surface area contributed by atoms with Gasteiger partial charge in [0.2, 0.25) is 5.91 Å². The number of ether oxygens (including phenoxy) is 1. The quantitative estimate of drug-likeness (QED) is 0.743. The Hall–Kier alpha value is -3.19. The van der Waals surface area contributed by atoms with Crippen molar-refractivity contribution in [3.63, 3.8) is 0 Å². The molecule has 0 saturated carbocycles. The summed E-state index contributed by atoms with van der Waals surface area (Å²) in [7, 11) is 0. The Labute approximate surface area is 169 Å². The van der Waals surface area contributed by atoms with Crippen molar-refractivity contribution in [2.45, 2.75) is 25.0 Å². The fourth-order valence-electron chi connectivity index (χ4n) is 3.34. The second-order valence-corrected chi connectivity index (χ2v) is 6.96. The van der Waals surface area contributed by atoms with Crippen molar-refractivity contribution in [3.05, 3.63) is 71.8 Å². The topological polar surface area (TPSA) is 95.9 Å². The Morgan fingerprint density at radius 2 is 1.72 bits per heavy atom. The van der Waals surface area contributed by atoms with E-state index in [0.717, 1.165) is 5.56 Å². The number of rotatable bonds is 7. The van der Waals surface area contributed by atoms with E-state index < -0.39 is 18.1 Å². The van der Waals surface area contributed by atoms with Gasteiger partial charge in [0, 0.05) is 25.1 Å². The lowest BCUT2D eigenvalue weighted by atomic mass is 10.0. The molecule has 1 saturated heterocycles. The van der Waals surface area contributed by atoms with E-state index in [1.54, 1.807) is 29.2 Å². The van der Waals surface area contributed by atoms with Gasteiger partial charge in [-0.3, -0.25) is 14.4 Å². The summed E-state index contributed by atoms with van der Waals surface area (Å²) in [5, 5.41) is 11.8. The Morgan fingerprint density at radius 1 is 1.07 bits per heavy atom. The number of carboxylic acid groups (broad SMARTS) is 1. The highest BCUT2D eigenvalue weighted by atomic mass is 16.5. The first-order valence-electron chi connectivity index (χ1n) is 9.55. The third-order valence-corrected chi connectivity index (χ3v) is 4.77. The predicted molar refractivity (Wildman–Crippen MR) is 106 cm³/mol. The molecular formula is C22H24N2O5. The fourth-order valence-corrected chi connectivity index (χ4v) is 3.34. The molecule has 29 heavy (non-hydrogen) atoms. The van der Waals surface area contributed by atoms with Crippen LogP contribution in [0, 0.1) is 0 Å². The highest BCUT2D eigenvalue weighted by Gasteiger charge is 2.31. The number of amides is 2. The number of benzene rings is 2. The minimum atomic E-state index is -0.970. The molecule has 1 aliphatic rings. The van der Waals surface area contributed by atoms with Crippen molar-refractivity contribution in [1.29, 1.82) is 0 Å². The summed E-state index contributed by atoms with van der Waals surface area (Å²) in [6, 6.07) is 17.4. The molecule has 2 aromatic rings. The number of nitrogens with one attached hydrogen (secondary N) is 1. The molecule has 0 bridgehead atoms. The lowest BCUT2D eigenvalue weighted by Gasteiger charge is -2.34. The zero-order valence-corrected chi connectivity index (χ0v) is 16.0. The first-order valence-corrected chi connectivity index (χ1v) is 9.55. The van der Waals surface area contributed by atoms with Crippen molar-refractivity contribution < 1.29 is 24.2 Å². The second-order valence-electron chi connectivity index (χ2n) is 6.96. The molecule has 1 aliphatic heterocycles. The van der Waals surface area contributed by atoms with Crippen molar-refractivity contribution >= 4 is 17.8 Å². The van der Waals surface area contributed by atoms with Crippen LogP contribution in [0.2, 0.25) is 0 Å². The maximum Gasteiger partial charge on any atom is 0.306 e. The molecule has 2 unspecified atom stereocenters. The molecule has 7 nitrogen and oxygen atoms in total. The third-order valence-electron chi connectivity index (χ3n) is 4.77. The number of nitrogens with zero attached hydrogens (tertiary/aromatic N) is 1. The molecule has 2 aromatic carbocycles. The highest BCUT2D eigenvalue weighted by Crippen LogP contribution is 2.13. The Balaban J connectivity index is 1.75. The van der Waals surface area contributed by atoms with Crippen LogP contribution in [-0.2, 0) is 20.7 Å². The van der Waals surface area contributed by atoms with E-state index in [2.05, 4.69) is 5.32 Å². The minimum Gasteiger partial charge on any atom is -0.481 e. The van der Waals surface area contributed by atoms with Gasteiger partial charge in [-0.05, 0) is 17.7 Å². The van der Waals surface area contributed by atoms with Crippen LogP contribution in [0.4, 0.5) is 0 Å². The van der Waals surface area contributed by atoms with Gasteiger partial charge in [-0.1, -0.05) is 48.5 Å². The van der Waals surface area contributed by atoms with Crippen LogP contribution in [0.1, 0.15) is 22.3 Å². The summed E-state index contributed by atoms with van der Waals surface area (Å²) in [5.41, 5.74) is 1.40. The van der Waals surface area contributed by atoms with Crippen molar-refractivity contribution in [3.8, 4) is 0 Å².